The molecule has 3 heterocycles. The van der Waals surface area contributed by atoms with Crippen molar-refractivity contribution in [1.82, 2.24) is 19.8 Å². The second-order valence-corrected chi connectivity index (χ2v) is 11.7. The molecule has 1 amide bonds. The minimum atomic E-state index is -0.144. The number of carbonyl (C=O) groups is 1. The highest BCUT2D eigenvalue weighted by atomic mass is 32.1. The Balaban J connectivity index is 1.46. The van der Waals surface area contributed by atoms with E-state index in [1.807, 2.05) is 50.4 Å². The highest BCUT2D eigenvalue weighted by molar-refractivity contribution is 7.80. The third-order valence-corrected chi connectivity index (χ3v) is 8.82. The Hall–Kier alpha value is -4.17. The number of amides is 1. The van der Waals surface area contributed by atoms with Crippen molar-refractivity contribution in [1.29, 1.82) is 0 Å². The maximum absolute atomic E-state index is 13.1. The van der Waals surface area contributed by atoms with Gasteiger partial charge in [0.05, 0.1) is 17.8 Å². The Morgan fingerprint density at radius 2 is 1.74 bits per heavy atom. The van der Waals surface area contributed by atoms with Gasteiger partial charge in [-0.3, -0.25) is 9.78 Å². The van der Waals surface area contributed by atoms with E-state index in [9.17, 15) is 4.79 Å². The van der Waals surface area contributed by atoms with Crippen LogP contribution in [0.25, 0.3) is 5.69 Å². The molecule has 4 aromatic rings. The lowest BCUT2D eigenvalue weighted by Crippen LogP contribution is -2.33. The molecule has 0 radical (unpaired) electrons. The summed E-state index contributed by atoms with van der Waals surface area (Å²) in [5.74, 6) is -0.0321. The molecule has 1 aliphatic rings. The molecule has 224 valence electrons. The second-order valence-electron chi connectivity index (χ2n) is 11.3. The molecule has 2 aromatic carbocycles. The molecule has 2 aromatic heterocycles. The molecule has 0 unspecified atom stereocenters. The molecule has 0 saturated carbocycles. The fraction of sp³-hybridized carbons (Fsp3) is 0.343. The maximum Gasteiger partial charge on any atom is 0.226 e. The van der Waals surface area contributed by atoms with Gasteiger partial charge in [-0.1, -0.05) is 18.2 Å². The normalized spacial score (nSPS) is 16.3. The quantitative estimate of drug-likeness (QED) is 0.194. The summed E-state index contributed by atoms with van der Waals surface area (Å²) >= 11 is 5.90. The van der Waals surface area contributed by atoms with Gasteiger partial charge in [-0.15, -0.1) is 0 Å². The lowest BCUT2D eigenvalue weighted by atomic mass is 9.96. The van der Waals surface area contributed by atoms with Crippen LogP contribution < -0.4 is 15.5 Å². The molecule has 1 fully saturated rings. The number of benzene rings is 2. The third kappa shape index (κ3) is 6.30. The minimum absolute atomic E-state index is 0.0321. The summed E-state index contributed by atoms with van der Waals surface area (Å²) in [6.45, 7) is 15.2. The van der Waals surface area contributed by atoms with Crippen LogP contribution in [0, 0.1) is 27.7 Å². The van der Waals surface area contributed by atoms with E-state index < -0.39 is 0 Å². The molecule has 0 aliphatic carbocycles. The minimum Gasteiger partial charge on any atom is -0.372 e. The fourth-order valence-corrected chi connectivity index (χ4v) is 6.51. The van der Waals surface area contributed by atoms with Gasteiger partial charge in [-0.2, -0.15) is 0 Å². The number of aryl methyl sites for hydroxylation is 3. The smallest absolute Gasteiger partial charge is 0.226 e. The first-order valence-electron chi connectivity index (χ1n) is 15.1. The first-order chi connectivity index (χ1) is 20.7. The Labute approximate surface area is 260 Å². The Kier molecular flexibility index (Phi) is 9.16. The molecule has 0 spiro atoms. The maximum atomic E-state index is 13.1. The number of aromatic nitrogens is 2. The largest absolute Gasteiger partial charge is 0.372 e. The summed E-state index contributed by atoms with van der Waals surface area (Å²) in [6, 6.07) is 22.8. The van der Waals surface area contributed by atoms with Gasteiger partial charge in [-0.05, 0) is 119 Å². The molecular formula is C35H42N6OS. The van der Waals surface area contributed by atoms with Gasteiger partial charge in [0.15, 0.2) is 5.11 Å². The fourth-order valence-electron chi connectivity index (χ4n) is 6.18. The van der Waals surface area contributed by atoms with Gasteiger partial charge in [-0.25, -0.2) is 0 Å². The lowest BCUT2D eigenvalue weighted by Gasteiger charge is -2.28. The van der Waals surface area contributed by atoms with E-state index in [2.05, 4.69) is 89.1 Å². The number of hydrogen-bond donors (Lipinski definition) is 2. The predicted octanol–water partition coefficient (Wildman–Crippen LogP) is 6.95. The summed E-state index contributed by atoms with van der Waals surface area (Å²) < 4.78 is 2.31. The van der Waals surface area contributed by atoms with Crippen LogP contribution in [0.1, 0.15) is 66.1 Å². The van der Waals surface area contributed by atoms with Crippen LogP contribution >= 0.6 is 12.2 Å². The van der Waals surface area contributed by atoms with Crippen molar-refractivity contribution in [3.8, 4) is 5.69 Å². The number of thiocarbonyl (C=S) groups is 1. The monoisotopic (exact) mass is 594 g/mol. The average molecular weight is 595 g/mol. The summed E-state index contributed by atoms with van der Waals surface area (Å²) in [4.78, 5) is 22.3. The SMILES string of the molecule is CCN(CC)c1ccc(-n2c(C)cc([C@H]3[C@H](c4ccccn4)NC(=S)N3CCC(=O)Nc3cc(C)ccc3C)c2C)cc1. The van der Waals surface area contributed by atoms with Crippen molar-refractivity contribution in [2.24, 2.45) is 0 Å². The molecular weight excluding hydrogens is 552 g/mol. The van der Waals surface area contributed by atoms with Crippen molar-refractivity contribution in [2.75, 3.05) is 29.9 Å². The van der Waals surface area contributed by atoms with E-state index in [1.165, 1.54) is 11.3 Å². The van der Waals surface area contributed by atoms with Gasteiger partial charge in [0.2, 0.25) is 5.91 Å². The van der Waals surface area contributed by atoms with Gasteiger partial charge in [0.1, 0.15) is 0 Å². The number of carbonyl (C=O) groups excluding carboxylic acids is 1. The van der Waals surface area contributed by atoms with Crippen LogP contribution in [0.15, 0.2) is 72.9 Å². The number of anilines is 2. The molecule has 2 atom stereocenters. The van der Waals surface area contributed by atoms with E-state index in [4.69, 9.17) is 17.2 Å². The first kappa shape index (κ1) is 30.3. The van der Waals surface area contributed by atoms with Crippen LogP contribution in [-0.4, -0.2) is 45.1 Å². The van der Waals surface area contributed by atoms with Crippen molar-refractivity contribution in [2.45, 2.75) is 60.0 Å². The van der Waals surface area contributed by atoms with Crippen molar-refractivity contribution < 1.29 is 4.79 Å². The van der Waals surface area contributed by atoms with Crippen LogP contribution in [0.3, 0.4) is 0 Å². The van der Waals surface area contributed by atoms with E-state index in [0.29, 0.717) is 18.1 Å². The Morgan fingerprint density at radius 1 is 1.00 bits per heavy atom. The van der Waals surface area contributed by atoms with Gasteiger partial charge >= 0.3 is 0 Å². The zero-order valence-corrected chi connectivity index (χ0v) is 26.8. The molecule has 1 aliphatic heterocycles. The van der Waals surface area contributed by atoms with E-state index >= 15 is 0 Å². The zero-order chi connectivity index (χ0) is 30.7. The average Bonchev–Trinajstić information content (AvgIpc) is 3.49. The van der Waals surface area contributed by atoms with E-state index in [1.54, 1.807) is 0 Å². The number of rotatable bonds is 10. The Bertz CT molecular complexity index is 1590. The molecule has 5 rings (SSSR count). The predicted molar refractivity (Wildman–Crippen MR) is 180 cm³/mol. The summed E-state index contributed by atoms with van der Waals surface area (Å²) in [5.41, 5.74) is 9.75. The molecule has 2 N–H and O–H groups in total. The highest BCUT2D eigenvalue weighted by Gasteiger charge is 2.41. The van der Waals surface area contributed by atoms with E-state index in [-0.39, 0.29) is 18.0 Å². The topological polar surface area (TPSA) is 65.4 Å². The van der Waals surface area contributed by atoms with Crippen molar-refractivity contribution >= 4 is 34.6 Å². The second kappa shape index (κ2) is 13.0. The number of pyridine rings is 1. The summed E-state index contributed by atoms with van der Waals surface area (Å²) in [7, 11) is 0. The standard InChI is InChI=1S/C35H42N6OS/c1-7-39(8-2)27-14-16-28(17-15-27)41-25(5)22-29(26(41)6)34-33(30-11-9-10-19-36-30)38-35(43)40(34)20-18-32(42)37-31-21-23(3)12-13-24(31)4/h9-17,19,21-22,33-34H,7-8,18,20H2,1-6H3,(H,37,42)(H,38,43)/t33-,34-/m0/s1. The van der Waals surface area contributed by atoms with Crippen LogP contribution in [0.5, 0.6) is 0 Å². The molecule has 43 heavy (non-hydrogen) atoms. The van der Waals surface area contributed by atoms with Crippen LogP contribution in [0.4, 0.5) is 11.4 Å². The van der Waals surface area contributed by atoms with E-state index in [0.717, 1.165) is 52.7 Å². The molecule has 0 bridgehead atoms. The molecule has 7 nitrogen and oxygen atoms in total. The lowest BCUT2D eigenvalue weighted by molar-refractivity contribution is -0.116. The number of nitrogens with zero attached hydrogens (tertiary/aromatic N) is 4. The van der Waals surface area contributed by atoms with Crippen molar-refractivity contribution in [3.63, 3.8) is 0 Å². The zero-order valence-electron chi connectivity index (χ0n) is 26.0. The first-order valence-corrected chi connectivity index (χ1v) is 15.5. The van der Waals surface area contributed by atoms with Gasteiger partial charge in [0, 0.05) is 60.7 Å². The summed E-state index contributed by atoms with van der Waals surface area (Å²) in [5, 5.41) is 7.27. The third-order valence-electron chi connectivity index (χ3n) is 8.47. The van der Waals surface area contributed by atoms with Crippen molar-refractivity contribution in [3.05, 3.63) is 107 Å². The molecule has 1 saturated heterocycles. The number of nitrogens with one attached hydrogen (secondary N) is 2. The summed E-state index contributed by atoms with van der Waals surface area (Å²) in [6.07, 6.45) is 2.13. The highest BCUT2D eigenvalue weighted by Crippen LogP contribution is 2.41. The number of hydrogen-bond acceptors (Lipinski definition) is 4. The Morgan fingerprint density at radius 3 is 2.42 bits per heavy atom. The van der Waals surface area contributed by atoms with Crippen LogP contribution in [-0.2, 0) is 4.79 Å². The molecule has 8 heteroatoms. The van der Waals surface area contributed by atoms with Gasteiger partial charge < -0.3 is 25.0 Å². The van der Waals surface area contributed by atoms with Crippen LogP contribution in [0.2, 0.25) is 0 Å². The van der Waals surface area contributed by atoms with Gasteiger partial charge in [0.25, 0.3) is 0 Å².